The van der Waals surface area contributed by atoms with Crippen LogP contribution in [0.1, 0.15) is 0 Å². The normalized spacial score (nSPS) is 11.0. The maximum atomic E-state index is 5.83. The highest BCUT2D eigenvalue weighted by molar-refractivity contribution is 5.75. The number of nitrogens with zero attached hydrogens (tertiary/aromatic N) is 1. The molecule has 0 N–H and O–H groups in total. The van der Waals surface area contributed by atoms with E-state index in [1.54, 1.807) is 0 Å². The molecule has 20 heavy (non-hydrogen) atoms. The Labute approximate surface area is 115 Å². The number of fused-ring (bicyclic) bond motifs is 1. The van der Waals surface area contributed by atoms with Gasteiger partial charge < -0.3 is 8.83 Å². The van der Waals surface area contributed by atoms with Gasteiger partial charge in [-0.15, -0.1) is 0 Å². The van der Waals surface area contributed by atoms with E-state index in [1.807, 2.05) is 66.7 Å². The highest BCUT2D eigenvalue weighted by Crippen LogP contribution is 2.29. The molecule has 0 amide bonds. The van der Waals surface area contributed by atoms with E-state index in [0.29, 0.717) is 11.7 Å². The average molecular weight is 261 g/mol. The van der Waals surface area contributed by atoms with E-state index in [-0.39, 0.29) is 0 Å². The van der Waals surface area contributed by atoms with Gasteiger partial charge in [0.1, 0.15) is 11.3 Å². The van der Waals surface area contributed by atoms with Crippen molar-refractivity contribution in [3.05, 3.63) is 66.7 Å². The zero-order valence-corrected chi connectivity index (χ0v) is 10.6. The van der Waals surface area contributed by atoms with Gasteiger partial charge in [0.25, 0.3) is 5.89 Å². The molecule has 0 saturated carbocycles. The van der Waals surface area contributed by atoms with E-state index in [4.69, 9.17) is 8.83 Å². The van der Waals surface area contributed by atoms with Crippen LogP contribution in [0.3, 0.4) is 0 Å². The van der Waals surface area contributed by atoms with Gasteiger partial charge in [-0.1, -0.05) is 42.5 Å². The molecule has 0 spiro atoms. The second-order valence-corrected chi connectivity index (χ2v) is 4.52. The number of hydrogen-bond acceptors (Lipinski definition) is 3. The van der Waals surface area contributed by atoms with Crippen molar-refractivity contribution >= 4 is 11.1 Å². The standard InChI is InChI=1S/C17H11NO2/c1-2-6-12(7-3-1)14-10-11-16(19-14)17-18-13-8-4-5-9-15(13)20-17/h1-11H. The van der Waals surface area contributed by atoms with Crippen molar-refractivity contribution in [1.29, 1.82) is 0 Å². The van der Waals surface area contributed by atoms with Crippen LogP contribution in [0, 0.1) is 0 Å². The van der Waals surface area contributed by atoms with E-state index in [2.05, 4.69) is 4.98 Å². The quantitative estimate of drug-likeness (QED) is 0.522. The molecule has 0 saturated heterocycles. The van der Waals surface area contributed by atoms with Gasteiger partial charge in [0.15, 0.2) is 11.3 Å². The maximum absolute atomic E-state index is 5.83. The van der Waals surface area contributed by atoms with Crippen LogP contribution in [-0.2, 0) is 0 Å². The van der Waals surface area contributed by atoms with Crippen molar-refractivity contribution in [1.82, 2.24) is 4.98 Å². The average Bonchev–Trinajstić information content (AvgIpc) is 3.14. The molecule has 96 valence electrons. The van der Waals surface area contributed by atoms with Crippen LogP contribution in [0.4, 0.5) is 0 Å². The smallest absolute Gasteiger partial charge is 0.263 e. The summed E-state index contributed by atoms with van der Waals surface area (Å²) in [5, 5.41) is 0. The lowest BCUT2D eigenvalue weighted by Gasteiger charge is -1.94. The molecule has 0 aliphatic rings. The third-order valence-electron chi connectivity index (χ3n) is 3.17. The Morgan fingerprint density at radius 1 is 0.650 bits per heavy atom. The summed E-state index contributed by atoms with van der Waals surface area (Å²) in [6.07, 6.45) is 0. The number of benzene rings is 2. The molecular weight excluding hydrogens is 250 g/mol. The van der Waals surface area contributed by atoms with E-state index in [9.17, 15) is 0 Å². The van der Waals surface area contributed by atoms with Crippen LogP contribution in [0.15, 0.2) is 75.6 Å². The molecule has 0 unspecified atom stereocenters. The number of aromatic nitrogens is 1. The van der Waals surface area contributed by atoms with Gasteiger partial charge in [-0.05, 0) is 24.3 Å². The van der Waals surface area contributed by atoms with Gasteiger partial charge in [0, 0.05) is 5.56 Å². The molecule has 2 aromatic carbocycles. The molecular formula is C17H11NO2. The van der Waals surface area contributed by atoms with Gasteiger partial charge in [0.2, 0.25) is 0 Å². The van der Waals surface area contributed by atoms with Crippen molar-refractivity contribution < 1.29 is 8.83 Å². The molecule has 0 aliphatic carbocycles. The first-order valence-corrected chi connectivity index (χ1v) is 6.41. The predicted molar refractivity (Wildman–Crippen MR) is 77.1 cm³/mol. The summed E-state index contributed by atoms with van der Waals surface area (Å²) in [7, 11) is 0. The Balaban J connectivity index is 1.78. The minimum Gasteiger partial charge on any atom is -0.451 e. The van der Waals surface area contributed by atoms with Gasteiger partial charge in [0.05, 0.1) is 0 Å². The van der Waals surface area contributed by atoms with Crippen molar-refractivity contribution in [3.8, 4) is 23.0 Å². The van der Waals surface area contributed by atoms with Crippen molar-refractivity contribution in [2.45, 2.75) is 0 Å². The molecule has 0 aliphatic heterocycles. The number of oxazole rings is 1. The second-order valence-electron chi connectivity index (χ2n) is 4.52. The van der Waals surface area contributed by atoms with Crippen LogP contribution >= 0.6 is 0 Å². The molecule has 0 fully saturated rings. The zero-order chi connectivity index (χ0) is 13.4. The molecule has 4 rings (SSSR count). The van der Waals surface area contributed by atoms with Gasteiger partial charge in [-0.25, -0.2) is 4.98 Å². The molecule has 3 heteroatoms. The first kappa shape index (κ1) is 11.1. The van der Waals surface area contributed by atoms with Crippen LogP contribution < -0.4 is 0 Å². The molecule has 2 heterocycles. The number of rotatable bonds is 2. The number of furan rings is 1. The fraction of sp³-hybridized carbons (Fsp3) is 0. The van der Waals surface area contributed by atoms with E-state index < -0.39 is 0 Å². The van der Waals surface area contributed by atoms with Crippen molar-refractivity contribution in [2.75, 3.05) is 0 Å². The fourth-order valence-electron chi connectivity index (χ4n) is 2.19. The van der Waals surface area contributed by atoms with Crippen LogP contribution in [-0.4, -0.2) is 4.98 Å². The van der Waals surface area contributed by atoms with Crippen LogP contribution in [0.2, 0.25) is 0 Å². The summed E-state index contributed by atoms with van der Waals surface area (Å²) < 4.78 is 11.5. The summed E-state index contributed by atoms with van der Waals surface area (Å²) >= 11 is 0. The Morgan fingerprint density at radius 2 is 1.40 bits per heavy atom. The van der Waals surface area contributed by atoms with E-state index in [1.165, 1.54) is 0 Å². The van der Waals surface area contributed by atoms with Gasteiger partial charge >= 0.3 is 0 Å². The monoisotopic (exact) mass is 261 g/mol. The zero-order valence-electron chi connectivity index (χ0n) is 10.6. The highest BCUT2D eigenvalue weighted by Gasteiger charge is 2.12. The Morgan fingerprint density at radius 3 is 2.25 bits per heavy atom. The summed E-state index contributed by atoms with van der Waals surface area (Å²) in [6, 6.07) is 21.5. The number of para-hydroxylation sites is 2. The summed E-state index contributed by atoms with van der Waals surface area (Å²) in [5.41, 5.74) is 2.63. The highest BCUT2D eigenvalue weighted by atomic mass is 16.4. The van der Waals surface area contributed by atoms with Gasteiger partial charge in [-0.3, -0.25) is 0 Å². The molecule has 0 bridgehead atoms. The SMILES string of the molecule is c1ccc(-c2ccc(-c3nc4ccccc4o3)o2)cc1. The minimum atomic E-state index is 0.508. The second kappa shape index (κ2) is 4.38. The van der Waals surface area contributed by atoms with Crippen LogP contribution in [0.25, 0.3) is 34.1 Å². The maximum Gasteiger partial charge on any atom is 0.263 e. The van der Waals surface area contributed by atoms with Gasteiger partial charge in [-0.2, -0.15) is 0 Å². The lowest BCUT2D eigenvalue weighted by Crippen LogP contribution is -1.72. The summed E-state index contributed by atoms with van der Waals surface area (Å²) in [5.74, 6) is 1.95. The predicted octanol–water partition coefficient (Wildman–Crippen LogP) is 4.75. The Hall–Kier alpha value is -2.81. The third kappa shape index (κ3) is 1.80. The lowest BCUT2D eigenvalue weighted by atomic mass is 10.2. The van der Waals surface area contributed by atoms with Crippen LogP contribution in [0.5, 0.6) is 0 Å². The van der Waals surface area contributed by atoms with Crippen molar-refractivity contribution in [3.63, 3.8) is 0 Å². The first-order valence-electron chi connectivity index (χ1n) is 6.41. The number of hydrogen-bond donors (Lipinski definition) is 0. The first-order chi connectivity index (χ1) is 9.90. The Kier molecular flexibility index (Phi) is 2.42. The molecule has 0 atom stereocenters. The Bertz CT molecular complexity index is 826. The third-order valence-corrected chi connectivity index (χ3v) is 3.17. The molecule has 3 nitrogen and oxygen atoms in total. The topological polar surface area (TPSA) is 39.2 Å². The summed E-state index contributed by atoms with van der Waals surface area (Å²) in [4.78, 5) is 4.43. The minimum absolute atomic E-state index is 0.508. The molecule has 0 radical (unpaired) electrons. The largest absolute Gasteiger partial charge is 0.451 e. The van der Waals surface area contributed by atoms with E-state index >= 15 is 0 Å². The lowest BCUT2D eigenvalue weighted by molar-refractivity contribution is 0.543. The van der Waals surface area contributed by atoms with E-state index in [0.717, 1.165) is 22.4 Å². The fourth-order valence-corrected chi connectivity index (χ4v) is 2.19. The molecule has 4 aromatic rings. The van der Waals surface area contributed by atoms with Crippen molar-refractivity contribution in [2.24, 2.45) is 0 Å². The molecule has 2 aromatic heterocycles. The summed E-state index contributed by atoms with van der Waals surface area (Å²) in [6.45, 7) is 0.